The van der Waals surface area contributed by atoms with Crippen LogP contribution >= 0.6 is 0 Å². The molecule has 3 N–H and O–H groups in total. The van der Waals surface area contributed by atoms with E-state index in [1.807, 2.05) is 0 Å². The largest absolute Gasteiger partial charge is 0.391 e. The Morgan fingerprint density at radius 2 is 2.03 bits per heavy atom. The number of nitrogens with one attached hydrogen (secondary N) is 1. The number of hydrogen-bond acceptors (Lipinski definition) is 5. The van der Waals surface area contributed by atoms with Gasteiger partial charge >= 0.3 is 12.2 Å². The second-order valence-electron chi connectivity index (χ2n) is 9.07. The second kappa shape index (κ2) is 9.25. The zero-order valence-corrected chi connectivity index (χ0v) is 18.6. The molecular formula is C21H27F5N6O2. The maximum Gasteiger partial charge on any atom is 0.391 e. The molecule has 0 spiro atoms. The Morgan fingerprint density at radius 3 is 2.68 bits per heavy atom. The standard InChI is InChI=1S/C21H27F5N6O2/c1-34-11-16(31-9-14(29-19(31)33)7-21(24,25)26)13-6-17-30-15(10-32(17)28-8-13)18(27)12-2-4-20(22,23)5-3-12/h6,8,10,12,14,16,18H,2-5,7,9,11,27H2,1H3,(H,29,33)/t14-,16-,18+/m1/s1. The number of halogens is 5. The Morgan fingerprint density at radius 1 is 1.32 bits per heavy atom. The average molecular weight is 490 g/mol. The molecule has 2 aliphatic rings. The van der Waals surface area contributed by atoms with Crippen molar-refractivity contribution in [1.82, 2.24) is 24.8 Å². The molecular weight excluding hydrogens is 463 g/mol. The minimum Gasteiger partial charge on any atom is -0.382 e. The van der Waals surface area contributed by atoms with Gasteiger partial charge in [0, 0.05) is 32.1 Å². The van der Waals surface area contributed by atoms with Crippen LogP contribution in [0.4, 0.5) is 26.7 Å². The van der Waals surface area contributed by atoms with Gasteiger partial charge in [-0.1, -0.05) is 0 Å². The number of nitrogens with two attached hydrogens (primary N) is 1. The fourth-order valence-electron chi connectivity index (χ4n) is 4.73. The van der Waals surface area contributed by atoms with E-state index in [1.54, 1.807) is 12.3 Å². The van der Waals surface area contributed by atoms with Gasteiger partial charge in [0.2, 0.25) is 5.92 Å². The van der Waals surface area contributed by atoms with Crippen LogP contribution in [0.15, 0.2) is 18.5 Å². The van der Waals surface area contributed by atoms with E-state index in [-0.39, 0.29) is 31.9 Å². The highest BCUT2D eigenvalue weighted by Crippen LogP contribution is 2.40. The predicted octanol–water partition coefficient (Wildman–Crippen LogP) is 3.59. The number of nitrogens with zero attached hydrogens (tertiary/aromatic N) is 4. The molecule has 188 valence electrons. The number of hydrogen-bond donors (Lipinski definition) is 2. The minimum atomic E-state index is -4.40. The first kappa shape index (κ1) is 24.6. The minimum absolute atomic E-state index is 0.0490. The van der Waals surface area contributed by atoms with E-state index < -0.39 is 42.7 Å². The lowest BCUT2D eigenvalue weighted by Gasteiger charge is -2.31. The molecule has 0 aromatic carbocycles. The maximum atomic E-state index is 13.5. The Bertz CT molecular complexity index is 1020. The third kappa shape index (κ3) is 5.40. The summed E-state index contributed by atoms with van der Waals surface area (Å²) in [7, 11) is 1.43. The summed E-state index contributed by atoms with van der Waals surface area (Å²) >= 11 is 0. The maximum absolute atomic E-state index is 13.5. The van der Waals surface area contributed by atoms with Gasteiger partial charge in [0.1, 0.15) is 0 Å². The average Bonchev–Trinajstić information content (AvgIpc) is 3.32. The fourth-order valence-corrected chi connectivity index (χ4v) is 4.73. The normalized spacial score (nSPS) is 23.3. The summed E-state index contributed by atoms with van der Waals surface area (Å²) in [5, 5.41) is 6.68. The van der Waals surface area contributed by atoms with Crippen molar-refractivity contribution in [2.45, 2.75) is 62.3 Å². The van der Waals surface area contributed by atoms with Gasteiger partial charge in [0.05, 0.1) is 49.2 Å². The molecule has 2 fully saturated rings. The predicted molar refractivity (Wildman–Crippen MR) is 111 cm³/mol. The molecule has 3 atom stereocenters. The van der Waals surface area contributed by atoms with Crippen LogP contribution in [-0.4, -0.2) is 63.9 Å². The van der Waals surface area contributed by atoms with Gasteiger partial charge in [0.15, 0.2) is 5.65 Å². The van der Waals surface area contributed by atoms with Gasteiger partial charge in [0.25, 0.3) is 0 Å². The van der Waals surface area contributed by atoms with E-state index in [0.29, 0.717) is 29.7 Å². The van der Waals surface area contributed by atoms with Crippen LogP contribution in [0.25, 0.3) is 5.65 Å². The molecule has 2 aromatic rings. The van der Waals surface area contributed by atoms with Crippen LogP contribution in [0, 0.1) is 5.92 Å². The number of alkyl halides is 5. The number of fused-ring (bicyclic) bond motifs is 1. The number of carbonyl (C=O) groups is 1. The Kier molecular flexibility index (Phi) is 6.69. The molecule has 13 heteroatoms. The quantitative estimate of drug-likeness (QED) is 0.579. The molecule has 1 saturated heterocycles. The molecule has 1 aliphatic carbocycles. The number of carbonyl (C=O) groups excluding carboxylic acids is 1. The van der Waals surface area contributed by atoms with Crippen molar-refractivity contribution in [3.8, 4) is 0 Å². The number of amides is 2. The van der Waals surface area contributed by atoms with Gasteiger partial charge in [-0.3, -0.25) is 0 Å². The van der Waals surface area contributed by atoms with Gasteiger partial charge in [-0.25, -0.2) is 23.1 Å². The molecule has 0 bridgehead atoms. The van der Waals surface area contributed by atoms with Gasteiger partial charge in [-0.2, -0.15) is 18.3 Å². The first-order chi connectivity index (χ1) is 16.0. The third-order valence-corrected chi connectivity index (χ3v) is 6.54. The lowest BCUT2D eigenvalue weighted by atomic mass is 9.81. The van der Waals surface area contributed by atoms with Crippen LogP contribution in [0.1, 0.15) is 55.4 Å². The van der Waals surface area contributed by atoms with Crippen molar-refractivity contribution < 1.29 is 31.5 Å². The molecule has 34 heavy (non-hydrogen) atoms. The van der Waals surface area contributed by atoms with Crippen LogP contribution in [-0.2, 0) is 4.74 Å². The lowest BCUT2D eigenvalue weighted by molar-refractivity contribution is -0.138. The first-order valence-electron chi connectivity index (χ1n) is 11.1. The number of rotatable bonds is 7. The highest BCUT2D eigenvalue weighted by atomic mass is 19.4. The third-order valence-electron chi connectivity index (χ3n) is 6.54. The monoisotopic (exact) mass is 490 g/mol. The molecule has 0 radical (unpaired) electrons. The number of ether oxygens (including phenoxy) is 1. The molecule has 1 saturated carbocycles. The van der Waals surface area contributed by atoms with E-state index in [0.717, 1.165) is 0 Å². The first-order valence-corrected chi connectivity index (χ1v) is 11.1. The molecule has 2 aromatic heterocycles. The number of imidazole rings is 1. The topological polar surface area (TPSA) is 97.8 Å². The molecule has 3 heterocycles. The van der Waals surface area contributed by atoms with E-state index in [1.165, 1.54) is 22.7 Å². The van der Waals surface area contributed by atoms with Crippen LogP contribution in [0.2, 0.25) is 0 Å². The number of aromatic nitrogens is 3. The number of methoxy groups -OCH3 is 1. The van der Waals surface area contributed by atoms with E-state index in [9.17, 15) is 26.7 Å². The summed E-state index contributed by atoms with van der Waals surface area (Å²) in [5.41, 5.74) is 7.82. The zero-order chi connectivity index (χ0) is 24.7. The van der Waals surface area contributed by atoms with Crippen LogP contribution in [0.5, 0.6) is 0 Å². The smallest absolute Gasteiger partial charge is 0.382 e. The molecule has 8 nitrogen and oxygen atoms in total. The number of urea groups is 1. The fraction of sp³-hybridized carbons (Fsp3) is 0.667. The zero-order valence-electron chi connectivity index (χ0n) is 18.6. The summed E-state index contributed by atoms with van der Waals surface area (Å²) in [6, 6.07) is -1.19. The van der Waals surface area contributed by atoms with Crippen molar-refractivity contribution in [2.24, 2.45) is 11.7 Å². The van der Waals surface area contributed by atoms with Gasteiger partial charge in [-0.15, -0.1) is 0 Å². The van der Waals surface area contributed by atoms with E-state index in [4.69, 9.17) is 10.5 Å². The summed E-state index contributed by atoms with van der Waals surface area (Å²) < 4.78 is 72.1. The second-order valence-corrected chi connectivity index (χ2v) is 9.07. The Balaban J connectivity index is 1.53. The molecule has 0 unspecified atom stereocenters. The Labute approximate surface area is 192 Å². The van der Waals surface area contributed by atoms with Crippen molar-refractivity contribution in [1.29, 1.82) is 0 Å². The van der Waals surface area contributed by atoms with Crippen molar-refractivity contribution >= 4 is 11.7 Å². The van der Waals surface area contributed by atoms with Crippen molar-refractivity contribution in [3.05, 3.63) is 29.7 Å². The van der Waals surface area contributed by atoms with Crippen molar-refractivity contribution in [2.75, 3.05) is 20.3 Å². The van der Waals surface area contributed by atoms with Crippen LogP contribution < -0.4 is 11.1 Å². The summed E-state index contributed by atoms with van der Waals surface area (Å²) in [6.07, 6.45) is -2.17. The van der Waals surface area contributed by atoms with E-state index >= 15 is 0 Å². The lowest BCUT2D eigenvalue weighted by Crippen LogP contribution is -2.34. The summed E-state index contributed by atoms with van der Waals surface area (Å²) in [5.74, 6) is -2.77. The van der Waals surface area contributed by atoms with E-state index in [2.05, 4.69) is 15.4 Å². The van der Waals surface area contributed by atoms with Gasteiger partial charge < -0.3 is 20.7 Å². The molecule has 4 rings (SSSR count). The Hall–Kier alpha value is -2.54. The SMILES string of the molecule is COC[C@H](c1cnn2cc([C@@H](N)C3CCC(F)(F)CC3)nc2c1)N1C[C@@H](CC(F)(F)F)NC1=O. The highest BCUT2D eigenvalue weighted by molar-refractivity contribution is 5.77. The van der Waals surface area contributed by atoms with Crippen LogP contribution in [0.3, 0.4) is 0 Å². The molecule has 2 amide bonds. The summed E-state index contributed by atoms with van der Waals surface area (Å²) in [4.78, 5) is 18.2. The molecule has 1 aliphatic heterocycles. The van der Waals surface area contributed by atoms with Gasteiger partial charge in [-0.05, 0) is 24.8 Å². The van der Waals surface area contributed by atoms with Crippen molar-refractivity contribution in [3.63, 3.8) is 0 Å². The summed E-state index contributed by atoms with van der Waals surface area (Å²) in [6.45, 7) is -0.0815. The highest BCUT2D eigenvalue weighted by Gasteiger charge is 2.41.